The molecule has 1 aromatic carbocycles. The van der Waals surface area contributed by atoms with Crippen LogP contribution in [0.15, 0.2) is 41.3 Å². The Balaban J connectivity index is 1.77. The molecule has 0 fully saturated rings. The van der Waals surface area contributed by atoms with Crippen LogP contribution in [0.25, 0.3) is 22.0 Å². The lowest BCUT2D eigenvalue weighted by molar-refractivity contribution is 0.101. The van der Waals surface area contributed by atoms with E-state index in [1.807, 2.05) is 69.6 Å². The van der Waals surface area contributed by atoms with Crippen LogP contribution in [0.5, 0.6) is 0 Å². The minimum absolute atomic E-state index is 0.0823. The van der Waals surface area contributed by atoms with Crippen LogP contribution >= 0.6 is 0 Å². The van der Waals surface area contributed by atoms with Gasteiger partial charge in [0.2, 0.25) is 0 Å². The van der Waals surface area contributed by atoms with Crippen molar-refractivity contribution in [1.82, 2.24) is 14.1 Å². The van der Waals surface area contributed by atoms with E-state index in [2.05, 4.69) is 17.2 Å². The van der Waals surface area contributed by atoms with Crippen molar-refractivity contribution in [2.75, 3.05) is 5.32 Å². The maximum atomic E-state index is 13.2. The van der Waals surface area contributed by atoms with E-state index in [-0.39, 0.29) is 11.5 Å². The summed E-state index contributed by atoms with van der Waals surface area (Å²) in [5, 5.41) is 3.94. The van der Waals surface area contributed by atoms with Crippen LogP contribution in [0.4, 0.5) is 5.69 Å². The van der Waals surface area contributed by atoms with Crippen molar-refractivity contribution in [3.63, 3.8) is 0 Å². The fourth-order valence-corrected chi connectivity index (χ4v) is 4.72. The fraction of sp³-hybridized carbons (Fsp3) is 0.296. The van der Waals surface area contributed by atoms with E-state index in [1.54, 1.807) is 17.8 Å². The molecule has 0 radical (unpaired) electrons. The van der Waals surface area contributed by atoms with Crippen LogP contribution in [0.3, 0.4) is 0 Å². The van der Waals surface area contributed by atoms with Gasteiger partial charge in [0.25, 0.3) is 11.5 Å². The number of hydrogen-bond donors (Lipinski definition) is 1. The van der Waals surface area contributed by atoms with Crippen LogP contribution < -0.4 is 10.9 Å². The van der Waals surface area contributed by atoms with Crippen molar-refractivity contribution >= 4 is 22.5 Å². The number of hydrogen-bond acceptors (Lipinski definition) is 3. The predicted molar refractivity (Wildman–Crippen MR) is 134 cm³/mol. The topological polar surface area (TPSA) is 68.9 Å². The molecule has 1 amide bonds. The van der Waals surface area contributed by atoms with Gasteiger partial charge in [-0.25, -0.2) is 0 Å². The number of carbonyl (C=O) groups is 1. The predicted octanol–water partition coefficient (Wildman–Crippen LogP) is 4.99. The molecule has 6 heteroatoms. The Hall–Kier alpha value is -3.67. The minimum Gasteiger partial charge on any atom is -0.343 e. The number of benzene rings is 1. The van der Waals surface area contributed by atoms with E-state index in [1.165, 1.54) is 5.56 Å². The lowest BCUT2D eigenvalue weighted by Gasteiger charge is -2.14. The Morgan fingerprint density at radius 1 is 1.00 bits per heavy atom. The molecule has 0 atom stereocenters. The first-order valence-corrected chi connectivity index (χ1v) is 11.2. The van der Waals surface area contributed by atoms with Gasteiger partial charge in [-0.3, -0.25) is 14.6 Å². The molecule has 3 aromatic heterocycles. The second-order valence-electron chi connectivity index (χ2n) is 8.74. The molecule has 0 saturated heterocycles. The van der Waals surface area contributed by atoms with Crippen molar-refractivity contribution in [2.45, 2.75) is 41.0 Å². The summed E-state index contributed by atoms with van der Waals surface area (Å²) in [6.45, 7) is 10.0. The molecule has 33 heavy (non-hydrogen) atoms. The van der Waals surface area contributed by atoms with Gasteiger partial charge >= 0.3 is 0 Å². The Bertz CT molecular complexity index is 1470. The van der Waals surface area contributed by atoms with E-state index in [0.29, 0.717) is 16.9 Å². The van der Waals surface area contributed by atoms with E-state index >= 15 is 0 Å². The van der Waals surface area contributed by atoms with Crippen LogP contribution in [-0.2, 0) is 20.5 Å². The van der Waals surface area contributed by atoms with Gasteiger partial charge in [-0.15, -0.1) is 0 Å². The Kier molecular flexibility index (Phi) is 5.70. The van der Waals surface area contributed by atoms with Crippen molar-refractivity contribution in [3.05, 3.63) is 80.7 Å². The normalized spacial score (nSPS) is 11.2. The standard InChI is InChI=1S/C27H30N4O2/c1-8-21-17(4)25(30(6)18(21)5)26(32)29-20-10-9-15(2)22(13-20)23-12-19-14-28-16(3)11-24(19)31(7)27(23)33/h9-14H,8H2,1-7H3,(H,29,32). The lowest BCUT2D eigenvalue weighted by Crippen LogP contribution is -2.20. The SMILES string of the molecule is CCc1c(C)c(C(=O)Nc2ccc(C)c(-c3cc4cnc(C)cc4n(C)c3=O)c2)n(C)c1C. The molecule has 0 aliphatic rings. The van der Waals surface area contributed by atoms with E-state index in [4.69, 9.17) is 0 Å². The number of aryl methyl sites for hydroxylation is 3. The van der Waals surface area contributed by atoms with Crippen molar-refractivity contribution in [3.8, 4) is 11.1 Å². The summed E-state index contributed by atoms with van der Waals surface area (Å²) >= 11 is 0. The molecular formula is C27H30N4O2. The number of amides is 1. The van der Waals surface area contributed by atoms with Crippen molar-refractivity contribution in [2.24, 2.45) is 14.1 Å². The smallest absolute Gasteiger partial charge is 0.272 e. The number of anilines is 1. The monoisotopic (exact) mass is 442 g/mol. The molecule has 6 nitrogen and oxygen atoms in total. The van der Waals surface area contributed by atoms with E-state index in [9.17, 15) is 9.59 Å². The number of nitrogens with one attached hydrogen (secondary N) is 1. The summed E-state index contributed by atoms with van der Waals surface area (Å²) < 4.78 is 3.61. The first kappa shape index (κ1) is 22.5. The quantitative estimate of drug-likeness (QED) is 0.484. The van der Waals surface area contributed by atoms with Gasteiger partial charge in [-0.05, 0) is 80.6 Å². The highest BCUT2D eigenvalue weighted by atomic mass is 16.2. The molecule has 0 spiro atoms. The molecule has 0 bridgehead atoms. The van der Waals surface area contributed by atoms with Crippen LogP contribution in [0.1, 0.15) is 45.5 Å². The number of carbonyl (C=O) groups excluding carboxylic acids is 1. The number of rotatable bonds is 4. The van der Waals surface area contributed by atoms with Gasteiger partial charge in [0.1, 0.15) is 5.69 Å². The molecule has 1 N–H and O–H groups in total. The van der Waals surface area contributed by atoms with Crippen molar-refractivity contribution < 1.29 is 4.79 Å². The number of aromatic nitrogens is 3. The number of nitrogens with zero attached hydrogens (tertiary/aromatic N) is 3. The van der Waals surface area contributed by atoms with Gasteiger partial charge in [-0.2, -0.15) is 0 Å². The fourth-order valence-electron chi connectivity index (χ4n) is 4.72. The summed E-state index contributed by atoms with van der Waals surface area (Å²) in [4.78, 5) is 30.8. The third-order valence-corrected chi connectivity index (χ3v) is 6.68. The lowest BCUT2D eigenvalue weighted by atomic mass is 9.99. The van der Waals surface area contributed by atoms with E-state index in [0.717, 1.165) is 45.4 Å². The Morgan fingerprint density at radius 3 is 2.39 bits per heavy atom. The maximum absolute atomic E-state index is 13.2. The average Bonchev–Trinajstić information content (AvgIpc) is 3.00. The van der Waals surface area contributed by atoms with Crippen molar-refractivity contribution in [1.29, 1.82) is 0 Å². The summed E-state index contributed by atoms with van der Waals surface area (Å²) in [6, 6.07) is 9.49. The van der Waals surface area contributed by atoms with Gasteiger partial charge in [-0.1, -0.05) is 13.0 Å². The largest absolute Gasteiger partial charge is 0.343 e. The maximum Gasteiger partial charge on any atom is 0.272 e. The molecule has 3 heterocycles. The number of fused-ring (bicyclic) bond motifs is 1. The second kappa shape index (κ2) is 8.35. The highest BCUT2D eigenvalue weighted by molar-refractivity contribution is 6.05. The van der Waals surface area contributed by atoms with Crippen LogP contribution in [0, 0.1) is 27.7 Å². The zero-order chi connectivity index (χ0) is 24.0. The molecule has 4 rings (SSSR count). The summed E-state index contributed by atoms with van der Waals surface area (Å²) in [6.07, 6.45) is 2.67. The third kappa shape index (κ3) is 3.75. The minimum atomic E-state index is -0.154. The summed E-state index contributed by atoms with van der Waals surface area (Å²) in [5.41, 5.74) is 8.61. The Labute approximate surface area is 193 Å². The first-order valence-electron chi connectivity index (χ1n) is 11.2. The van der Waals surface area contributed by atoms with Gasteiger partial charge < -0.3 is 14.5 Å². The highest BCUT2D eigenvalue weighted by Crippen LogP contribution is 2.28. The van der Waals surface area contributed by atoms with Crippen LogP contribution in [0.2, 0.25) is 0 Å². The Morgan fingerprint density at radius 2 is 1.73 bits per heavy atom. The van der Waals surface area contributed by atoms with E-state index < -0.39 is 0 Å². The summed E-state index contributed by atoms with van der Waals surface area (Å²) in [7, 11) is 3.70. The third-order valence-electron chi connectivity index (χ3n) is 6.68. The molecule has 0 unspecified atom stereocenters. The zero-order valence-corrected chi connectivity index (χ0v) is 20.3. The molecule has 0 aliphatic heterocycles. The number of pyridine rings is 2. The highest BCUT2D eigenvalue weighted by Gasteiger charge is 2.20. The zero-order valence-electron chi connectivity index (χ0n) is 20.3. The first-order chi connectivity index (χ1) is 15.6. The summed E-state index contributed by atoms with van der Waals surface area (Å²) in [5.74, 6) is -0.154. The second-order valence-corrected chi connectivity index (χ2v) is 8.74. The molecule has 4 aromatic rings. The average molecular weight is 443 g/mol. The molecule has 0 saturated carbocycles. The molecular weight excluding hydrogens is 412 g/mol. The van der Waals surface area contributed by atoms with Gasteiger partial charge in [0, 0.05) is 48.3 Å². The molecule has 0 aliphatic carbocycles. The van der Waals surface area contributed by atoms with Gasteiger partial charge in [0.05, 0.1) is 5.52 Å². The molecule has 170 valence electrons. The van der Waals surface area contributed by atoms with Crippen LogP contribution in [-0.4, -0.2) is 20.0 Å². The van der Waals surface area contributed by atoms with Gasteiger partial charge in [0.15, 0.2) is 0 Å².